The summed E-state index contributed by atoms with van der Waals surface area (Å²) in [6.07, 6.45) is 2.27. The zero-order valence-electron chi connectivity index (χ0n) is 10.4. The van der Waals surface area contributed by atoms with Crippen LogP contribution in [0, 0.1) is 17.8 Å². The number of esters is 2. The predicted molar refractivity (Wildman–Crippen MR) is 60.7 cm³/mol. The van der Waals surface area contributed by atoms with Crippen LogP contribution in [0.5, 0.6) is 0 Å². The van der Waals surface area contributed by atoms with Gasteiger partial charge in [-0.05, 0) is 18.3 Å². The molecule has 0 aromatic heterocycles. The first kappa shape index (κ1) is 14.7. The number of ether oxygens (including phenoxy) is 2. The predicted octanol–water partition coefficient (Wildman–Crippen LogP) is 1.80. The van der Waals surface area contributed by atoms with Gasteiger partial charge in [-0.15, -0.1) is 6.58 Å². The Morgan fingerprint density at radius 1 is 1.19 bits per heavy atom. The van der Waals surface area contributed by atoms with Crippen LogP contribution < -0.4 is 0 Å². The van der Waals surface area contributed by atoms with Gasteiger partial charge in [0, 0.05) is 0 Å². The van der Waals surface area contributed by atoms with Gasteiger partial charge in [-0.3, -0.25) is 9.59 Å². The largest absolute Gasteiger partial charge is 0.468 e. The van der Waals surface area contributed by atoms with Crippen molar-refractivity contribution in [2.45, 2.75) is 20.3 Å². The van der Waals surface area contributed by atoms with Crippen LogP contribution in [0.3, 0.4) is 0 Å². The SMILES string of the molecule is C=CCC(C(C)C)C(C(=O)OC)C(=O)OC. The van der Waals surface area contributed by atoms with Crippen LogP contribution in [0.1, 0.15) is 20.3 Å². The van der Waals surface area contributed by atoms with E-state index in [0.29, 0.717) is 6.42 Å². The highest BCUT2D eigenvalue weighted by Crippen LogP contribution is 2.27. The number of hydrogen-bond donors (Lipinski definition) is 0. The van der Waals surface area contributed by atoms with Gasteiger partial charge in [0.15, 0.2) is 5.92 Å². The van der Waals surface area contributed by atoms with E-state index in [-0.39, 0.29) is 11.8 Å². The summed E-state index contributed by atoms with van der Waals surface area (Å²) in [7, 11) is 2.53. The van der Waals surface area contributed by atoms with Gasteiger partial charge in [-0.2, -0.15) is 0 Å². The molecule has 0 rings (SSSR count). The first-order valence-corrected chi connectivity index (χ1v) is 5.26. The molecule has 0 radical (unpaired) electrons. The number of carbonyl (C=O) groups excluding carboxylic acids is 2. The highest BCUT2D eigenvalue weighted by Gasteiger charge is 2.37. The van der Waals surface area contributed by atoms with E-state index in [1.54, 1.807) is 6.08 Å². The van der Waals surface area contributed by atoms with E-state index in [9.17, 15) is 9.59 Å². The van der Waals surface area contributed by atoms with E-state index in [1.165, 1.54) is 14.2 Å². The summed E-state index contributed by atoms with van der Waals surface area (Å²) >= 11 is 0. The molecular weight excluding hydrogens is 208 g/mol. The lowest BCUT2D eigenvalue weighted by Gasteiger charge is -2.25. The Morgan fingerprint density at radius 3 is 1.88 bits per heavy atom. The summed E-state index contributed by atoms with van der Waals surface area (Å²) < 4.78 is 9.28. The van der Waals surface area contributed by atoms with Gasteiger partial charge in [0.25, 0.3) is 0 Å². The van der Waals surface area contributed by atoms with Crippen molar-refractivity contribution in [1.82, 2.24) is 0 Å². The Kier molecular flexibility index (Phi) is 6.46. The van der Waals surface area contributed by atoms with Crippen LogP contribution >= 0.6 is 0 Å². The smallest absolute Gasteiger partial charge is 0.320 e. The second kappa shape index (κ2) is 7.04. The maximum Gasteiger partial charge on any atom is 0.320 e. The van der Waals surface area contributed by atoms with Gasteiger partial charge in [0.2, 0.25) is 0 Å². The summed E-state index contributed by atoms with van der Waals surface area (Å²) in [4.78, 5) is 23.2. The van der Waals surface area contributed by atoms with Gasteiger partial charge in [-0.1, -0.05) is 19.9 Å². The van der Waals surface area contributed by atoms with E-state index in [0.717, 1.165) is 0 Å². The third-order valence-electron chi connectivity index (χ3n) is 2.63. The third-order valence-corrected chi connectivity index (χ3v) is 2.63. The highest BCUT2D eigenvalue weighted by molar-refractivity contribution is 5.95. The molecule has 16 heavy (non-hydrogen) atoms. The summed E-state index contributed by atoms with van der Waals surface area (Å²) in [6.45, 7) is 7.53. The van der Waals surface area contributed by atoms with Crippen LogP contribution in [0.4, 0.5) is 0 Å². The fourth-order valence-corrected chi connectivity index (χ4v) is 1.69. The lowest BCUT2D eigenvalue weighted by Crippen LogP contribution is -2.35. The third kappa shape index (κ3) is 3.68. The molecule has 0 aromatic rings. The van der Waals surface area contributed by atoms with Crippen LogP contribution in [0.2, 0.25) is 0 Å². The van der Waals surface area contributed by atoms with E-state index in [2.05, 4.69) is 16.1 Å². The standard InChI is InChI=1S/C12H20O4/c1-6-7-9(8(2)3)10(11(13)15-4)12(14)16-5/h6,8-10H,1,7H2,2-5H3. The molecule has 0 aliphatic heterocycles. The van der Waals surface area contributed by atoms with E-state index in [4.69, 9.17) is 0 Å². The van der Waals surface area contributed by atoms with Crippen molar-refractivity contribution in [3.8, 4) is 0 Å². The second-order valence-electron chi connectivity index (χ2n) is 3.96. The maximum atomic E-state index is 11.6. The van der Waals surface area contributed by atoms with E-state index < -0.39 is 17.9 Å². The molecule has 0 saturated heterocycles. The van der Waals surface area contributed by atoms with Crippen LogP contribution in [0.15, 0.2) is 12.7 Å². The van der Waals surface area contributed by atoms with Gasteiger partial charge < -0.3 is 9.47 Å². The molecule has 1 unspecified atom stereocenters. The van der Waals surface area contributed by atoms with Crippen LogP contribution in [-0.4, -0.2) is 26.2 Å². The molecule has 0 fully saturated rings. The zero-order chi connectivity index (χ0) is 12.7. The Balaban J connectivity index is 5.02. The molecule has 0 aliphatic carbocycles. The molecule has 0 heterocycles. The second-order valence-corrected chi connectivity index (χ2v) is 3.96. The molecule has 0 N–H and O–H groups in total. The van der Waals surface area contributed by atoms with E-state index in [1.807, 2.05) is 13.8 Å². The number of rotatable bonds is 6. The molecule has 0 aromatic carbocycles. The summed E-state index contributed by atoms with van der Waals surface area (Å²) in [5, 5.41) is 0. The average molecular weight is 228 g/mol. The monoisotopic (exact) mass is 228 g/mol. The molecule has 0 bridgehead atoms. The molecule has 0 amide bonds. The minimum absolute atomic E-state index is 0.141. The molecule has 92 valence electrons. The Labute approximate surface area is 96.6 Å². The summed E-state index contributed by atoms with van der Waals surface area (Å²) in [5.41, 5.74) is 0. The molecule has 0 aliphatic rings. The lowest BCUT2D eigenvalue weighted by molar-refractivity contribution is -0.162. The molecule has 0 spiro atoms. The van der Waals surface area contributed by atoms with Crippen LogP contribution in [-0.2, 0) is 19.1 Å². The van der Waals surface area contributed by atoms with Crippen LogP contribution in [0.25, 0.3) is 0 Å². The lowest BCUT2D eigenvalue weighted by atomic mass is 9.81. The minimum atomic E-state index is -0.868. The van der Waals surface area contributed by atoms with Gasteiger partial charge >= 0.3 is 11.9 Å². The Bertz CT molecular complexity index is 242. The number of methoxy groups -OCH3 is 2. The number of allylic oxidation sites excluding steroid dienone is 1. The normalized spacial score (nSPS) is 12.4. The zero-order valence-corrected chi connectivity index (χ0v) is 10.4. The van der Waals surface area contributed by atoms with Crippen molar-refractivity contribution in [2.75, 3.05) is 14.2 Å². The molecular formula is C12H20O4. The quantitative estimate of drug-likeness (QED) is 0.395. The number of carbonyl (C=O) groups is 2. The molecule has 1 atom stereocenters. The summed E-state index contributed by atoms with van der Waals surface area (Å²) in [6, 6.07) is 0. The van der Waals surface area contributed by atoms with Crippen molar-refractivity contribution in [3.63, 3.8) is 0 Å². The van der Waals surface area contributed by atoms with Crippen molar-refractivity contribution in [2.24, 2.45) is 17.8 Å². The van der Waals surface area contributed by atoms with E-state index >= 15 is 0 Å². The summed E-state index contributed by atoms with van der Waals surface area (Å²) in [5.74, 6) is -1.94. The van der Waals surface area contributed by atoms with Crippen molar-refractivity contribution in [3.05, 3.63) is 12.7 Å². The fourth-order valence-electron chi connectivity index (χ4n) is 1.69. The topological polar surface area (TPSA) is 52.6 Å². The van der Waals surface area contributed by atoms with Crippen molar-refractivity contribution < 1.29 is 19.1 Å². The molecule has 0 saturated carbocycles. The highest BCUT2D eigenvalue weighted by atomic mass is 16.5. The first-order chi connectivity index (χ1) is 7.49. The molecule has 4 heteroatoms. The maximum absolute atomic E-state index is 11.6. The first-order valence-electron chi connectivity index (χ1n) is 5.26. The fraction of sp³-hybridized carbons (Fsp3) is 0.667. The Hall–Kier alpha value is -1.32. The number of hydrogen-bond acceptors (Lipinski definition) is 4. The van der Waals surface area contributed by atoms with Crippen molar-refractivity contribution in [1.29, 1.82) is 0 Å². The van der Waals surface area contributed by atoms with Crippen molar-refractivity contribution >= 4 is 11.9 Å². The van der Waals surface area contributed by atoms with Gasteiger partial charge in [-0.25, -0.2) is 0 Å². The van der Waals surface area contributed by atoms with Gasteiger partial charge in [0.05, 0.1) is 14.2 Å². The average Bonchev–Trinajstić information content (AvgIpc) is 2.27. The van der Waals surface area contributed by atoms with Gasteiger partial charge in [0.1, 0.15) is 0 Å². The Morgan fingerprint density at radius 2 is 1.62 bits per heavy atom. The minimum Gasteiger partial charge on any atom is -0.468 e. The molecule has 4 nitrogen and oxygen atoms in total.